The van der Waals surface area contributed by atoms with Gasteiger partial charge in [-0.25, -0.2) is 0 Å². The number of hydrogen-bond donors (Lipinski definition) is 4. The lowest BCUT2D eigenvalue weighted by Gasteiger charge is -2.17. The van der Waals surface area contributed by atoms with Gasteiger partial charge in [-0.3, -0.25) is 19.2 Å². The molecular formula is C36H26Cl2N4O4. The van der Waals surface area contributed by atoms with Crippen molar-refractivity contribution in [2.75, 3.05) is 0 Å². The van der Waals surface area contributed by atoms with Crippen LogP contribution in [0.25, 0.3) is 0 Å². The number of carbonyl (C=O) groups excluding carboxylic acids is 4. The molecule has 4 heterocycles. The second kappa shape index (κ2) is 12.0. The molecule has 10 heteroatoms. The maximum atomic E-state index is 12.5. The van der Waals surface area contributed by atoms with E-state index in [9.17, 15) is 19.2 Å². The Morgan fingerprint density at radius 3 is 0.848 bits per heavy atom. The summed E-state index contributed by atoms with van der Waals surface area (Å²) in [5, 5.41) is 12.8. The quantitative estimate of drug-likeness (QED) is 0.238. The van der Waals surface area contributed by atoms with Gasteiger partial charge in [-0.1, -0.05) is 108 Å². The summed E-state index contributed by atoms with van der Waals surface area (Å²) in [7, 11) is 0. The van der Waals surface area contributed by atoms with Crippen molar-refractivity contribution in [1.29, 1.82) is 0 Å². The summed E-state index contributed by atoms with van der Waals surface area (Å²) in [6, 6.07) is 31.7. The van der Waals surface area contributed by atoms with Crippen molar-refractivity contribution in [2.24, 2.45) is 0 Å². The number of carbonyl (C=O) groups is 4. The first-order chi connectivity index (χ1) is 22.3. The summed E-state index contributed by atoms with van der Waals surface area (Å²) in [6.45, 7) is 0. The summed E-state index contributed by atoms with van der Waals surface area (Å²) >= 11 is 11.8. The Kier molecular flexibility index (Phi) is 7.68. The molecule has 0 bridgehead atoms. The molecule has 0 spiro atoms. The Morgan fingerprint density at radius 1 is 0.348 bits per heavy atom. The lowest BCUT2D eigenvalue weighted by atomic mass is 9.95. The highest BCUT2D eigenvalue weighted by atomic mass is 35.5. The zero-order chi connectivity index (χ0) is 31.9. The van der Waals surface area contributed by atoms with Crippen molar-refractivity contribution >= 4 is 46.8 Å². The lowest BCUT2D eigenvalue weighted by Crippen LogP contribution is -2.33. The van der Waals surface area contributed by atoms with Crippen molar-refractivity contribution < 1.29 is 19.2 Å². The standard InChI is InChI=1S/C18H12Cl2N2O2.C18H14N2O2/c19-11-5-1-9(2-6-11)15-13-14(18(24)21-15)16(22-17(13)23)10-3-7-12(20)8-4-10;21-17-13-14(16(20-17)12-9-5-2-6-10-12)18(22)19-15(13)11-7-3-1-4-8-11/h1-8,15-16H,(H,21,24)(H,22,23);1-10,15-16H,(H,19,22)(H,20,21). The van der Waals surface area contributed by atoms with E-state index in [0.29, 0.717) is 32.3 Å². The highest BCUT2D eigenvalue weighted by Gasteiger charge is 2.47. The van der Waals surface area contributed by atoms with Gasteiger partial charge in [0, 0.05) is 10.0 Å². The predicted molar refractivity (Wildman–Crippen MR) is 173 cm³/mol. The summed E-state index contributed by atoms with van der Waals surface area (Å²) in [6.07, 6.45) is 0. The minimum absolute atomic E-state index is 0.170. The fourth-order valence-electron chi connectivity index (χ4n) is 6.36. The number of halogens is 2. The van der Waals surface area contributed by atoms with E-state index >= 15 is 0 Å². The third-order valence-electron chi connectivity index (χ3n) is 8.49. The van der Waals surface area contributed by atoms with E-state index in [2.05, 4.69) is 21.3 Å². The van der Waals surface area contributed by atoms with Crippen molar-refractivity contribution in [3.63, 3.8) is 0 Å². The molecule has 8 nitrogen and oxygen atoms in total. The monoisotopic (exact) mass is 648 g/mol. The van der Waals surface area contributed by atoms with Crippen LogP contribution >= 0.6 is 23.2 Å². The van der Waals surface area contributed by atoms with Gasteiger partial charge in [-0.15, -0.1) is 0 Å². The Balaban J connectivity index is 0.000000147. The Hall–Kier alpha value is -5.18. The molecule has 0 aliphatic carbocycles. The van der Waals surface area contributed by atoms with Crippen LogP contribution in [0, 0.1) is 0 Å². The third kappa shape index (κ3) is 5.25. The molecule has 4 aromatic rings. The molecule has 8 rings (SSSR count). The number of benzene rings is 4. The molecule has 4 N–H and O–H groups in total. The van der Waals surface area contributed by atoms with E-state index in [4.69, 9.17) is 23.2 Å². The molecule has 0 saturated heterocycles. The van der Waals surface area contributed by atoms with E-state index in [0.717, 1.165) is 22.3 Å². The maximum Gasteiger partial charge on any atom is 0.250 e. The first-order valence-electron chi connectivity index (χ1n) is 14.6. The summed E-state index contributed by atoms with van der Waals surface area (Å²) in [5.74, 6) is -0.807. The predicted octanol–water partition coefficient (Wildman–Crippen LogP) is 5.36. The average molecular weight is 650 g/mol. The van der Waals surface area contributed by atoms with Gasteiger partial charge >= 0.3 is 0 Å². The van der Waals surface area contributed by atoms with Crippen LogP contribution in [-0.4, -0.2) is 23.6 Å². The van der Waals surface area contributed by atoms with Crippen LogP contribution in [0.3, 0.4) is 0 Å². The second-order valence-corrected chi connectivity index (χ2v) is 12.1. The number of amides is 4. The minimum atomic E-state index is -0.456. The zero-order valence-corrected chi connectivity index (χ0v) is 25.6. The minimum Gasteiger partial charge on any atom is -0.341 e. The van der Waals surface area contributed by atoms with E-state index in [1.807, 2.05) is 84.9 Å². The van der Waals surface area contributed by atoms with Crippen LogP contribution < -0.4 is 21.3 Å². The van der Waals surface area contributed by atoms with Gasteiger partial charge in [-0.2, -0.15) is 0 Å². The lowest BCUT2D eigenvalue weighted by molar-refractivity contribution is -0.120. The van der Waals surface area contributed by atoms with Gasteiger partial charge in [0.15, 0.2) is 0 Å². The van der Waals surface area contributed by atoms with Gasteiger partial charge in [-0.05, 0) is 46.5 Å². The highest BCUT2D eigenvalue weighted by molar-refractivity contribution is 6.30. The molecule has 0 aromatic heterocycles. The van der Waals surface area contributed by atoms with Crippen molar-refractivity contribution in [1.82, 2.24) is 21.3 Å². The van der Waals surface area contributed by atoms with Crippen molar-refractivity contribution in [3.8, 4) is 0 Å². The zero-order valence-electron chi connectivity index (χ0n) is 24.1. The van der Waals surface area contributed by atoms with Crippen LogP contribution in [0.15, 0.2) is 131 Å². The van der Waals surface area contributed by atoms with E-state index in [-0.39, 0.29) is 35.7 Å². The Bertz CT molecular complexity index is 1800. The summed E-state index contributed by atoms with van der Waals surface area (Å²) < 4.78 is 0. The number of rotatable bonds is 4. The topological polar surface area (TPSA) is 116 Å². The van der Waals surface area contributed by atoms with Crippen molar-refractivity contribution in [2.45, 2.75) is 24.2 Å². The molecule has 0 fully saturated rings. The van der Waals surface area contributed by atoms with Gasteiger partial charge in [0.2, 0.25) is 0 Å². The first-order valence-corrected chi connectivity index (χ1v) is 15.4. The Labute approximate surface area is 274 Å². The van der Waals surface area contributed by atoms with E-state index in [1.54, 1.807) is 24.3 Å². The fraction of sp³-hybridized carbons (Fsp3) is 0.111. The number of hydrogen-bond acceptors (Lipinski definition) is 4. The second-order valence-electron chi connectivity index (χ2n) is 11.2. The van der Waals surface area contributed by atoms with Crippen LogP contribution in [0.2, 0.25) is 10.0 Å². The van der Waals surface area contributed by atoms with Crippen LogP contribution in [-0.2, 0) is 19.2 Å². The van der Waals surface area contributed by atoms with Crippen molar-refractivity contribution in [3.05, 3.63) is 164 Å². The Morgan fingerprint density at radius 2 is 0.587 bits per heavy atom. The number of nitrogens with one attached hydrogen (secondary N) is 4. The van der Waals surface area contributed by atoms with E-state index in [1.165, 1.54) is 0 Å². The molecule has 4 aliphatic heterocycles. The molecule has 46 heavy (non-hydrogen) atoms. The molecule has 0 radical (unpaired) electrons. The van der Waals surface area contributed by atoms with Gasteiger partial charge in [0.1, 0.15) is 0 Å². The summed E-state index contributed by atoms with van der Waals surface area (Å²) in [5.41, 5.74) is 5.53. The smallest absolute Gasteiger partial charge is 0.250 e. The van der Waals surface area contributed by atoms with Crippen LogP contribution in [0.1, 0.15) is 46.4 Å². The van der Waals surface area contributed by atoms with Crippen LogP contribution in [0.4, 0.5) is 0 Å². The summed E-state index contributed by atoms with van der Waals surface area (Å²) in [4.78, 5) is 49.8. The van der Waals surface area contributed by atoms with Gasteiger partial charge in [0.05, 0.1) is 46.5 Å². The van der Waals surface area contributed by atoms with Crippen LogP contribution in [0.5, 0.6) is 0 Å². The third-order valence-corrected chi connectivity index (χ3v) is 8.99. The molecule has 228 valence electrons. The normalized spacial score (nSPS) is 22.8. The largest absolute Gasteiger partial charge is 0.341 e. The maximum absolute atomic E-state index is 12.5. The molecule has 4 unspecified atom stereocenters. The fourth-order valence-corrected chi connectivity index (χ4v) is 6.61. The SMILES string of the molecule is O=C1NC(c2ccc(Cl)cc2)C2=C1C(c1ccc(Cl)cc1)NC2=O.O=C1NC(c2ccccc2)C2=C1C(c1ccccc1)NC2=O. The molecule has 4 aromatic carbocycles. The molecular weight excluding hydrogens is 623 g/mol. The molecule has 4 atom stereocenters. The highest BCUT2D eigenvalue weighted by Crippen LogP contribution is 2.42. The van der Waals surface area contributed by atoms with Gasteiger partial charge < -0.3 is 21.3 Å². The average Bonchev–Trinajstić information content (AvgIpc) is 3.81. The molecule has 4 aliphatic rings. The van der Waals surface area contributed by atoms with Gasteiger partial charge in [0.25, 0.3) is 23.6 Å². The molecule has 4 amide bonds. The molecule has 0 saturated carbocycles. The van der Waals surface area contributed by atoms with E-state index < -0.39 is 12.1 Å². The first kappa shape index (κ1) is 29.5.